The van der Waals surface area contributed by atoms with Gasteiger partial charge in [-0.3, -0.25) is 4.79 Å². The monoisotopic (exact) mass is 524 g/mol. The second-order valence-corrected chi connectivity index (χ2v) is 9.01. The van der Waals surface area contributed by atoms with Gasteiger partial charge in [0.1, 0.15) is 12.4 Å². The first kappa shape index (κ1) is 29.0. The van der Waals surface area contributed by atoms with Gasteiger partial charge < -0.3 is 24.0 Å². The summed E-state index contributed by atoms with van der Waals surface area (Å²) in [6.45, 7) is 0.0840. The predicted molar refractivity (Wildman–Crippen MR) is 128 cm³/mol. The molecule has 0 aromatic heterocycles. The zero-order valence-corrected chi connectivity index (χ0v) is 21.1. The first-order valence-corrected chi connectivity index (χ1v) is 12.2. The molecule has 7 atom stereocenters. The zero-order chi connectivity index (χ0) is 25.1. The molecule has 0 amide bonds. The van der Waals surface area contributed by atoms with Crippen molar-refractivity contribution in [2.75, 3.05) is 6.61 Å². The number of halogens is 3. The predicted octanol–water partition coefficient (Wildman–Crippen LogP) is 5.41. The summed E-state index contributed by atoms with van der Waals surface area (Å²) in [5.74, 6) is -0.651. The smallest absolute Gasteiger partial charge is 0.416 e. The van der Waals surface area contributed by atoms with Crippen LogP contribution in [0.5, 0.6) is 5.75 Å². The Morgan fingerprint density at radius 3 is 2.65 bits per heavy atom. The first-order valence-electron chi connectivity index (χ1n) is 11.2. The van der Waals surface area contributed by atoms with E-state index in [4.69, 9.17) is 18.9 Å². The standard InChI is InChI=1S/C23H33F3O6P2/c24-23(25,26)15-6-5-7-16(12-15)30-14-17(31-33)10-11-19-18(20(27)13-21(19)32-34)8-3-1-2-4-9-22(28)29/h1,3,5-7,12,17-21,27H,2,4,8-11,13-14,33-34H2,(H,28,29)/b3-1+. The number of rotatable bonds is 14. The van der Waals surface area contributed by atoms with Crippen molar-refractivity contribution in [3.05, 3.63) is 42.0 Å². The summed E-state index contributed by atoms with van der Waals surface area (Å²) in [5.41, 5.74) is -0.771. The number of carboxylic acid groups (broad SMARTS) is 1. The number of alkyl halides is 3. The topological polar surface area (TPSA) is 85.2 Å². The number of aliphatic carboxylic acids is 1. The molecule has 2 rings (SSSR count). The highest BCUT2D eigenvalue weighted by atomic mass is 31.0. The maximum Gasteiger partial charge on any atom is 0.416 e. The molecule has 0 bridgehead atoms. The summed E-state index contributed by atoms with van der Waals surface area (Å²) >= 11 is 0. The van der Waals surface area contributed by atoms with Gasteiger partial charge >= 0.3 is 12.1 Å². The largest absolute Gasteiger partial charge is 0.491 e. The van der Waals surface area contributed by atoms with Gasteiger partial charge in [0.2, 0.25) is 0 Å². The maximum atomic E-state index is 12.9. The number of aliphatic hydroxyl groups excluding tert-OH is 1. The van der Waals surface area contributed by atoms with Gasteiger partial charge in [0.15, 0.2) is 0 Å². The van der Waals surface area contributed by atoms with Crippen LogP contribution in [0.1, 0.15) is 50.5 Å². The van der Waals surface area contributed by atoms with Crippen molar-refractivity contribution in [1.82, 2.24) is 0 Å². The van der Waals surface area contributed by atoms with E-state index in [0.29, 0.717) is 38.5 Å². The lowest BCUT2D eigenvalue weighted by atomic mass is 9.86. The fraction of sp³-hybridized carbons (Fsp3) is 0.609. The Morgan fingerprint density at radius 1 is 1.24 bits per heavy atom. The Hall–Kier alpha value is -1.24. The SMILES string of the molecule is O=C(O)CCC/C=C/CC1C(O)CC(OP)C1CCC(COc1cccc(C(F)(F)F)c1)OP. The van der Waals surface area contributed by atoms with Gasteiger partial charge in [-0.1, -0.05) is 18.2 Å². The van der Waals surface area contributed by atoms with Crippen LogP contribution in [-0.2, 0) is 20.0 Å². The number of hydrogen-bond donors (Lipinski definition) is 2. The summed E-state index contributed by atoms with van der Waals surface area (Å²) in [7, 11) is 4.44. The van der Waals surface area contributed by atoms with Crippen LogP contribution in [0.3, 0.4) is 0 Å². The van der Waals surface area contributed by atoms with Crippen LogP contribution in [0.25, 0.3) is 0 Å². The van der Waals surface area contributed by atoms with Crippen molar-refractivity contribution in [2.45, 2.75) is 69.4 Å². The van der Waals surface area contributed by atoms with Gasteiger partial charge in [-0.15, -0.1) is 0 Å². The highest BCUT2D eigenvalue weighted by Gasteiger charge is 2.42. The third-order valence-corrected chi connectivity index (χ3v) is 6.85. The number of benzene rings is 1. The van der Waals surface area contributed by atoms with Crippen LogP contribution < -0.4 is 4.74 Å². The zero-order valence-electron chi connectivity index (χ0n) is 18.8. The molecule has 192 valence electrons. The van der Waals surface area contributed by atoms with Gasteiger partial charge in [-0.05, 0) is 62.1 Å². The molecule has 2 N–H and O–H groups in total. The molecule has 1 saturated carbocycles. The normalized spacial score (nSPS) is 23.9. The Kier molecular flexibility index (Phi) is 12.2. The lowest BCUT2D eigenvalue weighted by molar-refractivity contribution is -0.138. The molecule has 0 radical (unpaired) electrons. The van der Waals surface area contributed by atoms with Gasteiger partial charge in [0.25, 0.3) is 0 Å². The molecule has 7 unspecified atom stereocenters. The Balaban J connectivity index is 1.89. The average molecular weight is 524 g/mol. The van der Waals surface area contributed by atoms with E-state index in [2.05, 4.69) is 18.9 Å². The molecule has 1 aliphatic carbocycles. The summed E-state index contributed by atoms with van der Waals surface area (Å²) < 4.78 is 55.2. The summed E-state index contributed by atoms with van der Waals surface area (Å²) in [5, 5.41) is 19.3. The fourth-order valence-corrected chi connectivity index (χ4v) is 4.83. The van der Waals surface area contributed by atoms with Crippen molar-refractivity contribution >= 4 is 24.9 Å². The quantitative estimate of drug-likeness (QED) is 0.192. The van der Waals surface area contributed by atoms with Crippen LogP contribution in [0.4, 0.5) is 13.2 Å². The molecular formula is C23H33F3O6P2. The number of unbranched alkanes of at least 4 members (excludes halogenated alkanes) is 1. The minimum atomic E-state index is -4.44. The molecule has 0 heterocycles. The van der Waals surface area contributed by atoms with E-state index in [1.165, 1.54) is 12.1 Å². The van der Waals surface area contributed by atoms with Crippen molar-refractivity contribution in [2.24, 2.45) is 11.8 Å². The van der Waals surface area contributed by atoms with E-state index in [0.717, 1.165) is 12.1 Å². The lowest BCUT2D eigenvalue weighted by Gasteiger charge is -2.26. The molecule has 1 aromatic rings. The van der Waals surface area contributed by atoms with Crippen LogP contribution in [0.15, 0.2) is 36.4 Å². The molecule has 0 saturated heterocycles. The van der Waals surface area contributed by atoms with E-state index in [1.807, 2.05) is 12.2 Å². The van der Waals surface area contributed by atoms with Crippen LogP contribution >= 0.6 is 18.9 Å². The van der Waals surface area contributed by atoms with Gasteiger partial charge in [0.05, 0.1) is 23.9 Å². The number of hydrogen-bond acceptors (Lipinski definition) is 5. The Morgan fingerprint density at radius 2 is 2.00 bits per heavy atom. The van der Waals surface area contributed by atoms with E-state index in [1.54, 1.807) is 0 Å². The summed E-state index contributed by atoms with van der Waals surface area (Å²) in [4.78, 5) is 10.6. The lowest BCUT2D eigenvalue weighted by Crippen LogP contribution is -2.26. The van der Waals surface area contributed by atoms with Crippen molar-refractivity contribution < 1.29 is 42.0 Å². The van der Waals surface area contributed by atoms with Gasteiger partial charge in [0, 0.05) is 31.8 Å². The van der Waals surface area contributed by atoms with Gasteiger partial charge in [-0.2, -0.15) is 13.2 Å². The molecular weight excluding hydrogens is 491 g/mol. The maximum absolute atomic E-state index is 12.9. The van der Waals surface area contributed by atoms with Crippen LogP contribution in [0.2, 0.25) is 0 Å². The minimum Gasteiger partial charge on any atom is -0.491 e. The van der Waals surface area contributed by atoms with E-state index in [9.17, 15) is 23.1 Å². The third kappa shape index (κ3) is 9.43. The van der Waals surface area contributed by atoms with Crippen LogP contribution in [-0.4, -0.2) is 41.1 Å². The van der Waals surface area contributed by atoms with E-state index in [-0.39, 0.29) is 42.8 Å². The van der Waals surface area contributed by atoms with E-state index >= 15 is 0 Å². The Bertz CT molecular complexity index is 792. The number of allylic oxidation sites excluding steroid dienone is 2. The average Bonchev–Trinajstić information content (AvgIpc) is 3.10. The van der Waals surface area contributed by atoms with Crippen molar-refractivity contribution in [3.63, 3.8) is 0 Å². The second kappa shape index (κ2) is 14.4. The second-order valence-electron chi connectivity index (χ2n) is 8.47. The highest BCUT2D eigenvalue weighted by Crippen LogP contribution is 2.41. The van der Waals surface area contributed by atoms with E-state index < -0.39 is 23.8 Å². The number of aliphatic hydroxyl groups is 1. The summed E-state index contributed by atoms with van der Waals surface area (Å²) in [6, 6.07) is 4.73. The summed E-state index contributed by atoms with van der Waals surface area (Å²) in [6.07, 6.45) is 2.24. The van der Waals surface area contributed by atoms with Crippen LogP contribution in [0, 0.1) is 11.8 Å². The number of carboxylic acids is 1. The fourth-order valence-electron chi connectivity index (χ4n) is 4.30. The molecule has 1 aromatic carbocycles. The highest BCUT2D eigenvalue weighted by molar-refractivity contribution is 7.10. The molecule has 0 aliphatic heterocycles. The number of carbonyl (C=O) groups is 1. The van der Waals surface area contributed by atoms with Crippen molar-refractivity contribution in [1.29, 1.82) is 0 Å². The molecule has 34 heavy (non-hydrogen) atoms. The Labute approximate surface area is 202 Å². The molecule has 6 nitrogen and oxygen atoms in total. The molecule has 1 aliphatic rings. The molecule has 1 fully saturated rings. The first-order chi connectivity index (χ1) is 16.2. The van der Waals surface area contributed by atoms with Crippen molar-refractivity contribution in [3.8, 4) is 5.75 Å². The molecule has 11 heteroatoms. The number of ether oxygens (including phenoxy) is 1. The minimum absolute atomic E-state index is 0.0178. The third-order valence-electron chi connectivity index (χ3n) is 6.12. The molecule has 0 spiro atoms. The van der Waals surface area contributed by atoms with Gasteiger partial charge in [-0.25, -0.2) is 0 Å².